The third-order valence-corrected chi connectivity index (χ3v) is 3.06. The highest BCUT2D eigenvalue weighted by Gasteiger charge is 2.26. The molecule has 0 saturated heterocycles. The number of furan rings is 1. The molecule has 0 atom stereocenters. The molecule has 0 fully saturated rings. The Bertz CT molecular complexity index is 549. The van der Waals surface area contributed by atoms with E-state index in [4.69, 9.17) is 16.0 Å². The maximum Gasteiger partial charge on any atom is 0.203 e. The summed E-state index contributed by atoms with van der Waals surface area (Å²) in [5, 5.41) is 1.45. The average Bonchev–Trinajstić information content (AvgIpc) is 2.67. The van der Waals surface area contributed by atoms with Gasteiger partial charge >= 0.3 is 0 Å². The molecular weight excluding hydrogens is 236 g/mol. The van der Waals surface area contributed by atoms with Crippen molar-refractivity contribution in [2.45, 2.75) is 27.7 Å². The van der Waals surface area contributed by atoms with E-state index in [1.54, 1.807) is 12.1 Å². The van der Waals surface area contributed by atoms with Crippen molar-refractivity contribution in [3.8, 4) is 0 Å². The predicted octanol–water partition coefficient (Wildman–Crippen LogP) is 4.62. The molecule has 2 rings (SSSR count). The van der Waals surface area contributed by atoms with Crippen LogP contribution in [0.3, 0.4) is 0 Å². The van der Waals surface area contributed by atoms with Crippen molar-refractivity contribution in [2.75, 3.05) is 0 Å². The smallest absolute Gasteiger partial charge is 0.203 e. The number of hydrogen-bond acceptors (Lipinski definition) is 2. The van der Waals surface area contributed by atoms with Crippen LogP contribution < -0.4 is 0 Å². The van der Waals surface area contributed by atoms with Crippen LogP contribution in [0.5, 0.6) is 0 Å². The Balaban J connectivity index is 2.64. The standard InChI is InChI=1S/C14H15ClO2/c1-8-5-6-10(15)12-9(8)7-11(17-12)13(16)14(2,3)4/h5-7H,1-4H3. The Hall–Kier alpha value is -1.28. The van der Waals surface area contributed by atoms with Gasteiger partial charge in [-0.1, -0.05) is 38.4 Å². The number of aryl methyl sites for hydroxylation is 1. The summed E-state index contributed by atoms with van der Waals surface area (Å²) >= 11 is 6.06. The second kappa shape index (κ2) is 3.88. The molecule has 3 heteroatoms. The molecule has 1 aromatic heterocycles. The van der Waals surface area contributed by atoms with Crippen molar-refractivity contribution < 1.29 is 9.21 Å². The molecule has 2 nitrogen and oxygen atoms in total. The molecule has 90 valence electrons. The summed E-state index contributed by atoms with van der Waals surface area (Å²) < 4.78 is 5.59. The Morgan fingerprint density at radius 2 is 1.94 bits per heavy atom. The SMILES string of the molecule is Cc1ccc(Cl)c2oc(C(=O)C(C)(C)C)cc12. The zero-order valence-electron chi connectivity index (χ0n) is 10.4. The van der Waals surface area contributed by atoms with Gasteiger partial charge in [0, 0.05) is 10.8 Å². The molecule has 2 aromatic rings. The van der Waals surface area contributed by atoms with E-state index in [0.29, 0.717) is 16.4 Å². The lowest BCUT2D eigenvalue weighted by atomic mass is 9.89. The van der Waals surface area contributed by atoms with Crippen molar-refractivity contribution >= 4 is 28.4 Å². The van der Waals surface area contributed by atoms with Crippen LogP contribution >= 0.6 is 11.6 Å². The van der Waals surface area contributed by atoms with Crippen LogP contribution in [0.1, 0.15) is 36.9 Å². The van der Waals surface area contributed by atoms with Crippen LogP contribution in [-0.4, -0.2) is 5.78 Å². The number of ketones is 1. The molecule has 0 unspecified atom stereocenters. The third-order valence-electron chi connectivity index (χ3n) is 2.76. The minimum Gasteiger partial charge on any atom is -0.451 e. The van der Waals surface area contributed by atoms with E-state index in [-0.39, 0.29) is 5.78 Å². The van der Waals surface area contributed by atoms with Gasteiger partial charge in [0.05, 0.1) is 5.02 Å². The number of Topliss-reactive ketones (excluding diaryl/α,β-unsaturated/α-hetero) is 1. The quantitative estimate of drug-likeness (QED) is 0.691. The van der Waals surface area contributed by atoms with Crippen molar-refractivity contribution in [1.29, 1.82) is 0 Å². The molecule has 0 aliphatic carbocycles. The second-order valence-electron chi connectivity index (χ2n) is 5.30. The van der Waals surface area contributed by atoms with E-state index in [1.807, 2.05) is 33.8 Å². The molecule has 0 spiro atoms. The Morgan fingerprint density at radius 3 is 2.47 bits per heavy atom. The van der Waals surface area contributed by atoms with Gasteiger partial charge in [-0.25, -0.2) is 0 Å². The van der Waals surface area contributed by atoms with Gasteiger partial charge in [-0.05, 0) is 24.6 Å². The summed E-state index contributed by atoms with van der Waals surface area (Å²) in [6.45, 7) is 7.59. The second-order valence-corrected chi connectivity index (χ2v) is 5.70. The van der Waals surface area contributed by atoms with Crippen LogP contribution in [0, 0.1) is 12.3 Å². The summed E-state index contributed by atoms with van der Waals surface area (Å²) in [5.74, 6) is 0.368. The van der Waals surface area contributed by atoms with Gasteiger partial charge < -0.3 is 4.42 Å². The number of halogens is 1. The lowest BCUT2D eigenvalue weighted by molar-refractivity contribution is 0.0831. The first-order valence-corrected chi connectivity index (χ1v) is 5.92. The number of rotatable bonds is 1. The van der Waals surface area contributed by atoms with Crippen LogP contribution in [0.2, 0.25) is 5.02 Å². The molecule has 0 saturated carbocycles. The molecule has 1 heterocycles. The highest BCUT2D eigenvalue weighted by atomic mass is 35.5. The fraction of sp³-hybridized carbons (Fsp3) is 0.357. The van der Waals surface area contributed by atoms with Gasteiger partial charge in [-0.2, -0.15) is 0 Å². The number of hydrogen-bond donors (Lipinski definition) is 0. The summed E-state index contributed by atoms with van der Waals surface area (Å²) in [4.78, 5) is 12.1. The largest absolute Gasteiger partial charge is 0.451 e. The molecule has 1 aromatic carbocycles. The first kappa shape index (κ1) is 12.2. The summed E-state index contributed by atoms with van der Waals surface area (Å²) in [6, 6.07) is 5.49. The summed E-state index contributed by atoms with van der Waals surface area (Å²) in [6.07, 6.45) is 0. The van der Waals surface area contributed by atoms with Gasteiger partial charge in [-0.3, -0.25) is 4.79 Å². The van der Waals surface area contributed by atoms with E-state index in [9.17, 15) is 4.79 Å². The Morgan fingerprint density at radius 1 is 1.29 bits per heavy atom. The Kier molecular flexibility index (Phi) is 2.78. The third kappa shape index (κ3) is 2.09. The average molecular weight is 251 g/mol. The van der Waals surface area contributed by atoms with E-state index < -0.39 is 5.41 Å². The molecule has 0 amide bonds. The van der Waals surface area contributed by atoms with E-state index in [1.165, 1.54) is 0 Å². The first-order chi connectivity index (χ1) is 7.80. The predicted molar refractivity (Wildman–Crippen MR) is 69.7 cm³/mol. The monoisotopic (exact) mass is 250 g/mol. The highest BCUT2D eigenvalue weighted by molar-refractivity contribution is 6.35. The van der Waals surface area contributed by atoms with Gasteiger partial charge in [0.2, 0.25) is 5.78 Å². The lowest BCUT2D eigenvalue weighted by Gasteiger charge is -2.13. The van der Waals surface area contributed by atoms with Crippen LogP contribution in [0.4, 0.5) is 0 Å². The van der Waals surface area contributed by atoms with Gasteiger partial charge in [0.15, 0.2) is 11.3 Å². The minimum absolute atomic E-state index is 0.0100. The van der Waals surface area contributed by atoms with Crippen LogP contribution in [0.25, 0.3) is 11.0 Å². The number of fused-ring (bicyclic) bond motifs is 1. The van der Waals surface area contributed by atoms with Gasteiger partial charge in [0.25, 0.3) is 0 Å². The normalized spacial score (nSPS) is 12.1. The first-order valence-electron chi connectivity index (χ1n) is 5.54. The zero-order chi connectivity index (χ0) is 12.8. The van der Waals surface area contributed by atoms with Crippen molar-refractivity contribution in [2.24, 2.45) is 5.41 Å². The lowest BCUT2D eigenvalue weighted by Crippen LogP contribution is -2.19. The molecular formula is C14H15ClO2. The minimum atomic E-state index is -0.450. The van der Waals surface area contributed by atoms with Crippen LogP contribution in [0.15, 0.2) is 22.6 Å². The zero-order valence-corrected chi connectivity index (χ0v) is 11.2. The maximum absolute atomic E-state index is 12.1. The topological polar surface area (TPSA) is 30.2 Å². The molecule has 0 radical (unpaired) electrons. The molecule has 0 aliphatic rings. The van der Waals surface area contributed by atoms with Crippen LogP contribution in [-0.2, 0) is 0 Å². The van der Waals surface area contributed by atoms with Gasteiger partial charge in [-0.15, -0.1) is 0 Å². The molecule has 17 heavy (non-hydrogen) atoms. The Labute approximate surface area is 106 Å². The van der Waals surface area contributed by atoms with E-state index >= 15 is 0 Å². The molecule has 0 bridgehead atoms. The summed E-state index contributed by atoms with van der Waals surface area (Å²) in [5.41, 5.74) is 1.20. The summed E-state index contributed by atoms with van der Waals surface area (Å²) in [7, 11) is 0. The fourth-order valence-corrected chi connectivity index (χ4v) is 1.91. The van der Waals surface area contributed by atoms with Crippen molar-refractivity contribution in [1.82, 2.24) is 0 Å². The fourth-order valence-electron chi connectivity index (χ4n) is 1.71. The molecule has 0 aliphatic heterocycles. The number of carbonyl (C=O) groups excluding carboxylic acids is 1. The van der Waals surface area contributed by atoms with E-state index in [0.717, 1.165) is 10.9 Å². The van der Waals surface area contributed by atoms with Crippen molar-refractivity contribution in [3.63, 3.8) is 0 Å². The molecule has 0 N–H and O–H groups in total. The maximum atomic E-state index is 12.1. The highest BCUT2D eigenvalue weighted by Crippen LogP contribution is 2.32. The number of benzene rings is 1. The van der Waals surface area contributed by atoms with Gasteiger partial charge in [0.1, 0.15) is 0 Å². The van der Waals surface area contributed by atoms with E-state index in [2.05, 4.69) is 0 Å². The number of carbonyl (C=O) groups is 1. The van der Waals surface area contributed by atoms with Crippen molar-refractivity contribution in [3.05, 3.63) is 34.5 Å².